The lowest BCUT2D eigenvalue weighted by Crippen LogP contribution is -2.37. The molecule has 0 radical (unpaired) electrons. The van der Waals surface area contributed by atoms with Crippen LogP contribution in [0.5, 0.6) is 0 Å². The first-order valence-electron chi connectivity index (χ1n) is 6.39. The maximum absolute atomic E-state index is 6.04. The van der Waals surface area contributed by atoms with Crippen LogP contribution in [0.15, 0.2) is 18.5 Å². The van der Waals surface area contributed by atoms with Crippen LogP contribution in [0.3, 0.4) is 0 Å². The molecule has 1 aliphatic rings. The summed E-state index contributed by atoms with van der Waals surface area (Å²) in [7, 11) is 0. The van der Waals surface area contributed by atoms with Crippen molar-refractivity contribution in [2.75, 3.05) is 31.2 Å². The largest absolute Gasteiger partial charge is 0.378 e. The molecule has 6 nitrogen and oxygen atoms in total. The summed E-state index contributed by atoms with van der Waals surface area (Å²) in [5, 5.41) is 0.202. The Bertz CT molecular complexity index is 615. The molecule has 3 heterocycles. The van der Waals surface area contributed by atoms with Crippen molar-refractivity contribution in [2.45, 2.75) is 6.92 Å². The van der Waals surface area contributed by atoms with E-state index < -0.39 is 0 Å². The first-order chi connectivity index (χ1) is 9.74. The molecule has 0 aliphatic carbocycles. The molecule has 20 heavy (non-hydrogen) atoms. The minimum atomic E-state index is 0.202. The van der Waals surface area contributed by atoms with E-state index in [1.165, 1.54) is 0 Å². The van der Waals surface area contributed by atoms with Crippen molar-refractivity contribution in [1.82, 2.24) is 19.9 Å². The van der Waals surface area contributed by atoms with Crippen molar-refractivity contribution in [1.29, 1.82) is 0 Å². The van der Waals surface area contributed by atoms with Gasteiger partial charge in [-0.3, -0.25) is 4.98 Å². The zero-order valence-electron chi connectivity index (χ0n) is 11.1. The quantitative estimate of drug-likeness (QED) is 0.840. The molecule has 0 atom stereocenters. The third-order valence-electron chi connectivity index (χ3n) is 3.15. The summed E-state index contributed by atoms with van der Waals surface area (Å²) in [5.74, 6) is 1.17. The number of aromatic nitrogens is 4. The standard InChI is InChI=1S/C13H14ClN5O/c1-9-8-15-3-2-10(9)11-16-12(14)18-13(17-11)19-4-6-20-7-5-19/h2-3,8H,4-7H2,1H3. The molecule has 7 heteroatoms. The lowest BCUT2D eigenvalue weighted by molar-refractivity contribution is 0.122. The predicted octanol–water partition coefficient (Wildman–Crippen LogP) is 1.73. The van der Waals surface area contributed by atoms with Crippen LogP contribution in [-0.2, 0) is 4.74 Å². The zero-order chi connectivity index (χ0) is 13.9. The van der Waals surface area contributed by atoms with Gasteiger partial charge in [-0.1, -0.05) is 0 Å². The lowest BCUT2D eigenvalue weighted by Gasteiger charge is -2.26. The monoisotopic (exact) mass is 291 g/mol. The minimum Gasteiger partial charge on any atom is -0.378 e. The summed E-state index contributed by atoms with van der Waals surface area (Å²) in [6, 6.07) is 1.88. The summed E-state index contributed by atoms with van der Waals surface area (Å²) in [4.78, 5) is 19.1. The molecule has 0 saturated carbocycles. The van der Waals surface area contributed by atoms with E-state index in [0.717, 1.165) is 24.2 Å². The third kappa shape index (κ3) is 2.71. The van der Waals surface area contributed by atoms with Crippen molar-refractivity contribution >= 4 is 17.5 Å². The number of morpholine rings is 1. The van der Waals surface area contributed by atoms with Gasteiger partial charge >= 0.3 is 0 Å². The van der Waals surface area contributed by atoms with Crippen LogP contribution in [0.1, 0.15) is 5.56 Å². The topological polar surface area (TPSA) is 64.0 Å². The number of aryl methyl sites for hydroxylation is 1. The van der Waals surface area contributed by atoms with Gasteiger partial charge in [0.1, 0.15) is 0 Å². The van der Waals surface area contributed by atoms with E-state index >= 15 is 0 Å². The molecular formula is C13H14ClN5O. The lowest BCUT2D eigenvalue weighted by atomic mass is 10.1. The number of hydrogen-bond donors (Lipinski definition) is 0. The molecule has 0 amide bonds. The first kappa shape index (κ1) is 13.2. The third-order valence-corrected chi connectivity index (χ3v) is 3.32. The molecule has 2 aromatic heterocycles. The molecule has 0 aromatic carbocycles. The fourth-order valence-electron chi connectivity index (χ4n) is 2.09. The Morgan fingerprint density at radius 2 is 2.00 bits per heavy atom. The van der Waals surface area contributed by atoms with E-state index in [0.29, 0.717) is 25.0 Å². The molecule has 3 rings (SSSR count). The van der Waals surface area contributed by atoms with Crippen molar-refractivity contribution in [2.24, 2.45) is 0 Å². The number of hydrogen-bond acceptors (Lipinski definition) is 6. The van der Waals surface area contributed by atoms with E-state index in [1.54, 1.807) is 12.4 Å². The van der Waals surface area contributed by atoms with Gasteiger partial charge in [0.05, 0.1) is 13.2 Å². The highest BCUT2D eigenvalue weighted by Gasteiger charge is 2.17. The average Bonchev–Trinajstić information content (AvgIpc) is 2.48. The molecule has 0 spiro atoms. The molecule has 2 aromatic rings. The average molecular weight is 292 g/mol. The van der Waals surface area contributed by atoms with Crippen LogP contribution in [-0.4, -0.2) is 46.2 Å². The van der Waals surface area contributed by atoms with Crippen LogP contribution in [0, 0.1) is 6.92 Å². The van der Waals surface area contributed by atoms with Crippen molar-refractivity contribution in [3.8, 4) is 11.4 Å². The smallest absolute Gasteiger partial charge is 0.230 e. The van der Waals surface area contributed by atoms with Gasteiger partial charge in [0, 0.05) is 31.0 Å². The van der Waals surface area contributed by atoms with Crippen LogP contribution in [0.4, 0.5) is 5.95 Å². The first-order valence-corrected chi connectivity index (χ1v) is 6.77. The highest BCUT2D eigenvalue weighted by atomic mass is 35.5. The maximum Gasteiger partial charge on any atom is 0.230 e. The van der Waals surface area contributed by atoms with E-state index in [2.05, 4.69) is 24.8 Å². The molecule has 0 N–H and O–H groups in total. The Morgan fingerprint density at radius 1 is 1.20 bits per heavy atom. The predicted molar refractivity (Wildman–Crippen MR) is 75.8 cm³/mol. The number of anilines is 1. The number of ether oxygens (including phenoxy) is 1. The van der Waals surface area contributed by atoms with Crippen LogP contribution < -0.4 is 4.90 Å². The van der Waals surface area contributed by atoms with E-state index in [9.17, 15) is 0 Å². The second kappa shape index (κ2) is 5.68. The molecule has 1 fully saturated rings. The van der Waals surface area contributed by atoms with Crippen LogP contribution >= 0.6 is 11.6 Å². The van der Waals surface area contributed by atoms with Crippen molar-refractivity contribution in [3.63, 3.8) is 0 Å². The van der Waals surface area contributed by atoms with Gasteiger partial charge in [-0.05, 0) is 30.2 Å². The Balaban J connectivity index is 2.00. The molecule has 104 valence electrons. The maximum atomic E-state index is 6.04. The fraction of sp³-hybridized carbons (Fsp3) is 0.385. The Labute approximate surface area is 121 Å². The van der Waals surface area contributed by atoms with Crippen molar-refractivity contribution in [3.05, 3.63) is 29.3 Å². The minimum absolute atomic E-state index is 0.202. The Hall–Kier alpha value is -1.79. The van der Waals surface area contributed by atoms with Gasteiger partial charge in [-0.25, -0.2) is 0 Å². The number of pyridine rings is 1. The molecule has 1 saturated heterocycles. The number of rotatable bonds is 2. The van der Waals surface area contributed by atoms with E-state index in [-0.39, 0.29) is 5.28 Å². The molecule has 0 bridgehead atoms. The van der Waals surface area contributed by atoms with Gasteiger partial charge in [-0.2, -0.15) is 15.0 Å². The van der Waals surface area contributed by atoms with Crippen molar-refractivity contribution < 1.29 is 4.74 Å². The fourth-order valence-corrected chi connectivity index (χ4v) is 2.24. The van der Waals surface area contributed by atoms with Gasteiger partial charge < -0.3 is 9.64 Å². The number of halogens is 1. The molecular weight excluding hydrogens is 278 g/mol. The van der Waals surface area contributed by atoms with Crippen LogP contribution in [0.25, 0.3) is 11.4 Å². The summed E-state index contributed by atoms with van der Waals surface area (Å²) in [6.07, 6.45) is 3.50. The Kier molecular flexibility index (Phi) is 3.75. The summed E-state index contributed by atoms with van der Waals surface area (Å²) < 4.78 is 5.33. The summed E-state index contributed by atoms with van der Waals surface area (Å²) >= 11 is 6.04. The SMILES string of the molecule is Cc1cnccc1-c1nc(Cl)nc(N2CCOCC2)n1. The van der Waals surface area contributed by atoms with Gasteiger partial charge in [0.25, 0.3) is 0 Å². The zero-order valence-corrected chi connectivity index (χ0v) is 11.8. The summed E-state index contributed by atoms with van der Waals surface area (Å²) in [5.41, 5.74) is 1.92. The van der Waals surface area contributed by atoms with E-state index in [4.69, 9.17) is 16.3 Å². The second-order valence-electron chi connectivity index (χ2n) is 4.52. The second-order valence-corrected chi connectivity index (χ2v) is 4.86. The number of nitrogens with zero attached hydrogens (tertiary/aromatic N) is 5. The highest BCUT2D eigenvalue weighted by molar-refractivity contribution is 6.28. The highest BCUT2D eigenvalue weighted by Crippen LogP contribution is 2.22. The molecule has 0 unspecified atom stereocenters. The normalized spacial score (nSPS) is 15.4. The van der Waals surface area contributed by atoms with E-state index in [1.807, 2.05) is 13.0 Å². The Morgan fingerprint density at radius 3 is 2.75 bits per heavy atom. The van der Waals surface area contributed by atoms with Gasteiger partial charge in [-0.15, -0.1) is 0 Å². The van der Waals surface area contributed by atoms with Gasteiger partial charge in [0.2, 0.25) is 11.2 Å². The summed E-state index contributed by atoms with van der Waals surface area (Å²) in [6.45, 7) is 4.83. The molecule has 1 aliphatic heterocycles. The van der Waals surface area contributed by atoms with Gasteiger partial charge in [0.15, 0.2) is 5.82 Å². The van der Waals surface area contributed by atoms with Crippen LogP contribution in [0.2, 0.25) is 5.28 Å².